The third-order valence-corrected chi connectivity index (χ3v) is 14.3. The molecule has 0 bridgehead atoms. The molecule has 0 saturated carbocycles. The first-order valence-corrected chi connectivity index (χ1v) is 28.0. The van der Waals surface area contributed by atoms with Crippen molar-refractivity contribution in [3.8, 4) is 51.7 Å². The van der Waals surface area contributed by atoms with Crippen LogP contribution in [-0.2, 0) is 8.98 Å². The summed E-state index contributed by atoms with van der Waals surface area (Å²) in [6.45, 7) is 24.5. The van der Waals surface area contributed by atoms with Crippen LogP contribution < -0.4 is 42.6 Å². The van der Waals surface area contributed by atoms with E-state index in [4.69, 9.17) is 46.8 Å². The van der Waals surface area contributed by atoms with Crippen molar-refractivity contribution in [2.45, 2.75) is 199 Å². The molecule has 0 aliphatic heterocycles. The van der Waals surface area contributed by atoms with E-state index in [1.54, 1.807) is 0 Å². The number of carbonyl (C=O) groups excluding carboxylic acids is 1. The second-order valence-electron chi connectivity index (χ2n) is 17.2. The smallest absolute Gasteiger partial charge is 0.313 e. The number of carbonyl (C=O) groups is 1. The molecule has 3 aromatic rings. The van der Waals surface area contributed by atoms with E-state index in [2.05, 4.69) is 62.3 Å². The van der Waals surface area contributed by atoms with Crippen molar-refractivity contribution in [1.29, 1.82) is 0 Å². The summed E-state index contributed by atoms with van der Waals surface area (Å²) >= 11 is 0. The molecule has 0 heterocycles. The number of ether oxygens (including phenoxy) is 9. The molecule has 0 radical (unpaired) electrons. The lowest BCUT2D eigenvalue weighted by Crippen LogP contribution is -2.19. The fraction of sp³-hybridized carbons (Fsp3) is 0.661. The highest BCUT2D eigenvalue weighted by atomic mass is 32.3. The van der Waals surface area contributed by atoms with Gasteiger partial charge in [0.25, 0.3) is 0 Å². The second kappa shape index (κ2) is 34.1. The first kappa shape index (κ1) is 58.0. The van der Waals surface area contributed by atoms with Gasteiger partial charge in [0.1, 0.15) is 66.4 Å². The largest absolute Gasteiger partial charge is 0.493 e. The average Bonchev–Trinajstić information content (AvgIpc) is 3.32. The number of hydrogen-bond acceptors (Lipinski definition) is 11. The SMILES string of the molecule is CCCCOc1cc(OCCCC)c(S(OC(C)=O)(c2c(OCCCC)cc(OCCCC)cc2OCCCC)c2c(OCCCC)cc(OCCCC)cc2OCCCC)c(OCCCC)c1. The fourth-order valence-corrected chi connectivity index (χ4v) is 10.6. The van der Waals surface area contributed by atoms with Crippen LogP contribution in [0, 0.1) is 0 Å². The number of benzene rings is 3. The quantitative estimate of drug-likeness (QED) is 0.0508. The van der Waals surface area contributed by atoms with Gasteiger partial charge in [-0.2, -0.15) is 0 Å². The molecule has 0 N–H and O–H groups in total. The molecule has 0 fully saturated rings. The Morgan fingerprint density at radius 1 is 0.324 bits per heavy atom. The maximum atomic E-state index is 14.6. The van der Waals surface area contributed by atoms with Gasteiger partial charge >= 0.3 is 5.97 Å². The van der Waals surface area contributed by atoms with Crippen LogP contribution in [0.2, 0.25) is 0 Å². The fourth-order valence-electron chi connectivity index (χ4n) is 6.97. The lowest BCUT2D eigenvalue weighted by molar-refractivity contribution is -0.131. The Hall–Kier alpha value is -4.32. The molecule has 0 amide bonds. The Morgan fingerprint density at radius 3 is 0.662 bits per heavy atom. The van der Waals surface area contributed by atoms with Gasteiger partial charge in [0.15, 0.2) is 0 Å². The number of rotatable bonds is 40. The van der Waals surface area contributed by atoms with Crippen LogP contribution in [-0.4, -0.2) is 65.4 Å². The Kier molecular flexibility index (Phi) is 29.0. The van der Waals surface area contributed by atoms with Crippen molar-refractivity contribution in [1.82, 2.24) is 0 Å². The summed E-state index contributed by atoms with van der Waals surface area (Å²) in [6.07, 6.45) is 15.6. The standard InChI is InChI=1S/C56H90O11S/c1-11-20-29-58-45-38-48(61-32-23-14-4)54(49(39-45)62-33-24-15-5)68(67-44(10)57,55-50(63-34-25-16-6)40-46(59-30-21-12-2)41-51(55)64-35-26-17-7)56-52(65-36-27-18-8)42-47(60-31-22-13-3)43-53(56)66-37-28-19-9/h38-43H,11-37H2,1-10H3. The van der Waals surface area contributed by atoms with Gasteiger partial charge in [-0.1, -0.05) is 120 Å². The van der Waals surface area contributed by atoms with Gasteiger partial charge in [0.2, 0.25) is 0 Å². The molecule has 386 valence electrons. The predicted molar refractivity (Wildman–Crippen MR) is 277 cm³/mol. The van der Waals surface area contributed by atoms with Gasteiger partial charge in [-0.15, -0.1) is 0 Å². The summed E-state index contributed by atoms with van der Waals surface area (Å²) in [5.41, 5.74) is 0. The molecule has 0 saturated heterocycles. The lowest BCUT2D eigenvalue weighted by atomic mass is 10.2. The average molecular weight is 971 g/mol. The van der Waals surface area contributed by atoms with Crippen molar-refractivity contribution in [2.75, 3.05) is 59.5 Å². The van der Waals surface area contributed by atoms with Gasteiger partial charge in [-0.25, -0.2) is 0 Å². The molecule has 0 unspecified atom stereocenters. The molecule has 0 aliphatic carbocycles. The molecule has 0 spiro atoms. The summed E-state index contributed by atoms with van der Waals surface area (Å²) in [5, 5.41) is 0. The molecular weight excluding hydrogens is 881 g/mol. The third-order valence-electron chi connectivity index (χ3n) is 10.9. The minimum absolute atomic E-state index is 0.389. The van der Waals surface area contributed by atoms with E-state index < -0.39 is 16.3 Å². The van der Waals surface area contributed by atoms with Crippen LogP contribution >= 0.6 is 10.3 Å². The first-order chi connectivity index (χ1) is 33.2. The van der Waals surface area contributed by atoms with Crippen molar-refractivity contribution in [3.63, 3.8) is 0 Å². The van der Waals surface area contributed by atoms with Gasteiger partial charge < -0.3 is 46.8 Å². The van der Waals surface area contributed by atoms with Gasteiger partial charge in [-0.3, -0.25) is 4.79 Å². The zero-order valence-electron chi connectivity index (χ0n) is 44.0. The second-order valence-corrected chi connectivity index (χ2v) is 19.7. The highest BCUT2D eigenvalue weighted by Gasteiger charge is 2.49. The topological polar surface area (TPSA) is 109 Å². The molecule has 3 rings (SSSR count). The zero-order chi connectivity index (χ0) is 49.4. The van der Waals surface area contributed by atoms with Crippen LogP contribution in [0.5, 0.6) is 51.7 Å². The van der Waals surface area contributed by atoms with E-state index in [0.29, 0.717) is 126 Å². The van der Waals surface area contributed by atoms with Crippen LogP contribution in [0.4, 0.5) is 0 Å². The Labute approximate surface area is 413 Å². The molecule has 12 heteroatoms. The summed E-state index contributed by atoms with van der Waals surface area (Å²) in [4.78, 5) is 16.2. The summed E-state index contributed by atoms with van der Waals surface area (Å²) < 4.78 is 68.8. The lowest BCUT2D eigenvalue weighted by Gasteiger charge is -2.43. The highest BCUT2D eigenvalue weighted by Crippen LogP contribution is 2.80. The van der Waals surface area contributed by atoms with Crippen molar-refractivity contribution < 1.29 is 51.6 Å². The van der Waals surface area contributed by atoms with Crippen molar-refractivity contribution >= 4 is 16.3 Å². The minimum atomic E-state index is -3.53. The van der Waals surface area contributed by atoms with Crippen LogP contribution in [0.25, 0.3) is 0 Å². The molecular formula is C56H90O11S. The molecule has 0 aromatic heterocycles. The van der Waals surface area contributed by atoms with Gasteiger partial charge in [-0.05, 0) is 57.8 Å². The monoisotopic (exact) mass is 971 g/mol. The predicted octanol–water partition coefficient (Wildman–Crippen LogP) is 16.1. The van der Waals surface area contributed by atoms with Gasteiger partial charge in [0.05, 0.1) is 59.5 Å². The molecule has 11 nitrogen and oxygen atoms in total. The maximum absolute atomic E-state index is 14.6. The number of hydrogen-bond donors (Lipinski definition) is 0. The zero-order valence-corrected chi connectivity index (χ0v) is 44.8. The van der Waals surface area contributed by atoms with Gasteiger partial charge in [0, 0.05) is 53.6 Å². The van der Waals surface area contributed by atoms with E-state index in [1.165, 1.54) is 6.92 Å². The van der Waals surface area contributed by atoms with Crippen molar-refractivity contribution in [2.24, 2.45) is 0 Å². The molecule has 0 aliphatic rings. The van der Waals surface area contributed by atoms with Crippen LogP contribution in [0.15, 0.2) is 51.1 Å². The Morgan fingerprint density at radius 2 is 0.500 bits per heavy atom. The number of unbranched alkanes of at least 4 members (excludes halogenated alkanes) is 9. The van der Waals surface area contributed by atoms with Crippen LogP contribution in [0.1, 0.15) is 185 Å². The molecule has 0 atom stereocenters. The van der Waals surface area contributed by atoms with Crippen LogP contribution in [0.3, 0.4) is 0 Å². The summed E-state index contributed by atoms with van der Waals surface area (Å²) in [7, 11) is -3.53. The van der Waals surface area contributed by atoms with E-state index in [-0.39, 0.29) is 0 Å². The van der Waals surface area contributed by atoms with E-state index in [1.807, 2.05) is 36.4 Å². The summed E-state index contributed by atoms with van der Waals surface area (Å²) in [6, 6.07) is 11.5. The van der Waals surface area contributed by atoms with E-state index in [9.17, 15) is 4.79 Å². The Balaban J connectivity index is 2.92. The minimum Gasteiger partial charge on any atom is -0.493 e. The van der Waals surface area contributed by atoms with E-state index in [0.717, 1.165) is 116 Å². The molecule has 3 aromatic carbocycles. The van der Waals surface area contributed by atoms with E-state index >= 15 is 0 Å². The maximum Gasteiger partial charge on any atom is 0.313 e. The normalized spacial score (nSPS) is 11.5. The summed E-state index contributed by atoms with van der Waals surface area (Å²) in [5.74, 6) is 3.99. The third kappa shape index (κ3) is 18.2. The first-order valence-electron chi connectivity index (χ1n) is 26.5. The van der Waals surface area contributed by atoms with Crippen molar-refractivity contribution in [3.05, 3.63) is 36.4 Å². The Bertz CT molecular complexity index is 1560. The highest BCUT2D eigenvalue weighted by molar-refractivity contribution is 8.30. The molecule has 68 heavy (non-hydrogen) atoms.